The van der Waals surface area contributed by atoms with Crippen LogP contribution in [0, 0.1) is 12.7 Å². The van der Waals surface area contributed by atoms with E-state index in [4.69, 9.17) is 9.47 Å². The number of nitrogens with one attached hydrogen (secondary N) is 2. The fourth-order valence-electron chi connectivity index (χ4n) is 4.10. The first-order chi connectivity index (χ1) is 19.4. The zero-order valence-electron chi connectivity index (χ0n) is 23.6. The van der Waals surface area contributed by atoms with E-state index >= 15 is 0 Å². The number of rotatable bonds is 8. The zero-order chi connectivity index (χ0) is 29.7. The summed E-state index contributed by atoms with van der Waals surface area (Å²) in [4.78, 5) is 42.2. The first kappa shape index (κ1) is 29.2. The van der Waals surface area contributed by atoms with E-state index in [2.05, 4.69) is 20.7 Å². The van der Waals surface area contributed by atoms with Crippen LogP contribution in [0.3, 0.4) is 0 Å². The molecule has 4 aromatic rings. The van der Waals surface area contributed by atoms with Crippen LogP contribution < -0.4 is 10.6 Å². The van der Waals surface area contributed by atoms with Crippen LogP contribution in [0.25, 0.3) is 16.9 Å². The topological polar surface area (TPSA) is 124 Å². The number of aryl methyl sites for hydroxylation is 1. The van der Waals surface area contributed by atoms with Gasteiger partial charge in [-0.1, -0.05) is 12.1 Å². The highest BCUT2D eigenvalue weighted by Crippen LogP contribution is 2.24. The van der Waals surface area contributed by atoms with E-state index < -0.39 is 29.4 Å². The molecule has 0 radical (unpaired) electrons. The lowest BCUT2D eigenvalue weighted by Gasteiger charge is -2.19. The summed E-state index contributed by atoms with van der Waals surface area (Å²) in [5, 5.41) is 9.93. The summed E-state index contributed by atoms with van der Waals surface area (Å²) in [5.74, 6) is -1.40. The van der Waals surface area contributed by atoms with Crippen molar-refractivity contribution in [1.29, 1.82) is 0 Å². The van der Waals surface area contributed by atoms with Gasteiger partial charge in [0.2, 0.25) is 0 Å². The Balaban J connectivity index is 1.64. The third-order valence-electron chi connectivity index (χ3n) is 5.81. The van der Waals surface area contributed by atoms with Crippen LogP contribution in [-0.4, -0.2) is 44.8 Å². The van der Waals surface area contributed by atoms with Gasteiger partial charge < -0.3 is 20.1 Å². The molecule has 2 N–H and O–H groups in total. The molecule has 0 bridgehead atoms. The van der Waals surface area contributed by atoms with Gasteiger partial charge in [0.05, 0.1) is 18.5 Å². The van der Waals surface area contributed by atoms with Crippen molar-refractivity contribution in [1.82, 2.24) is 19.9 Å². The van der Waals surface area contributed by atoms with Crippen molar-refractivity contribution in [3.8, 4) is 11.4 Å². The maximum Gasteiger partial charge on any atom is 0.407 e. The lowest BCUT2D eigenvalue weighted by atomic mass is 10.1. The average Bonchev–Trinajstić information content (AvgIpc) is 3.36. The summed E-state index contributed by atoms with van der Waals surface area (Å²) in [7, 11) is 0. The van der Waals surface area contributed by atoms with Crippen LogP contribution in [0.5, 0.6) is 0 Å². The second-order valence-corrected chi connectivity index (χ2v) is 10.4. The lowest BCUT2D eigenvalue weighted by molar-refractivity contribution is -0.142. The summed E-state index contributed by atoms with van der Waals surface area (Å²) in [5.41, 5.74) is 2.52. The van der Waals surface area contributed by atoms with Crippen LogP contribution in [0.2, 0.25) is 0 Å². The van der Waals surface area contributed by atoms with Crippen LogP contribution in [0.1, 0.15) is 54.9 Å². The minimum atomic E-state index is -0.674. The number of alkyl carbamates (subject to hydrolysis) is 1. The number of esters is 1. The smallest absolute Gasteiger partial charge is 0.407 e. The van der Waals surface area contributed by atoms with E-state index in [0.717, 1.165) is 5.56 Å². The first-order valence-electron chi connectivity index (χ1n) is 13.1. The molecule has 214 valence electrons. The predicted molar refractivity (Wildman–Crippen MR) is 151 cm³/mol. The Morgan fingerprint density at radius 2 is 1.85 bits per heavy atom. The molecule has 41 heavy (non-hydrogen) atoms. The molecule has 11 heteroatoms. The number of hydrogen-bond acceptors (Lipinski definition) is 7. The Labute approximate surface area is 236 Å². The molecular weight excluding hydrogens is 529 g/mol. The van der Waals surface area contributed by atoms with Gasteiger partial charge in [-0.3, -0.25) is 9.59 Å². The number of halogens is 1. The van der Waals surface area contributed by atoms with Gasteiger partial charge in [-0.2, -0.15) is 0 Å². The van der Waals surface area contributed by atoms with E-state index in [1.54, 1.807) is 64.2 Å². The van der Waals surface area contributed by atoms with Crippen LogP contribution >= 0.6 is 0 Å². The molecule has 2 amide bonds. The molecule has 0 aliphatic carbocycles. The average molecular weight is 562 g/mol. The second-order valence-electron chi connectivity index (χ2n) is 10.4. The van der Waals surface area contributed by atoms with Crippen LogP contribution in [0.4, 0.5) is 14.9 Å². The number of carbonyl (C=O) groups is 3. The SMILES string of the molecule is CCOC(=O)Cc1ccc(C)cc1NC(=O)c1nc(-c2cc(F)cc(CNC(=O)OC(C)(C)C)c2)nn2cccc12. The van der Waals surface area contributed by atoms with Gasteiger partial charge in [-0.25, -0.2) is 18.7 Å². The van der Waals surface area contributed by atoms with Crippen LogP contribution in [0.15, 0.2) is 54.7 Å². The monoisotopic (exact) mass is 561 g/mol. The number of benzene rings is 2. The van der Waals surface area contributed by atoms with Gasteiger partial charge in [0.25, 0.3) is 5.91 Å². The van der Waals surface area contributed by atoms with Gasteiger partial charge in [0.1, 0.15) is 11.4 Å². The third kappa shape index (κ3) is 7.65. The lowest BCUT2D eigenvalue weighted by Crippen LogP contribution is -2.32. The number of aromatic nitrogens is 3. The molecule has 0 saturated heterocycles. The number of ether oxygens (including phenoxy) is 2. The van der Waals surface area contributed by atoms with E-state index in [1.165, 1.54) is 16.6 Å². The molecule has 2 aromatic carbocycles. The number of fused-ring (bicyclic) bond motifs is 1. The molecule has 10 nitrogen and oxygen atoms in total. The van der Waals surface area contributed by atoms with Gasteiger partial charge in [-0.05, 0) is 87.7 Å². The minimum Gasteiger partial charge on any atom is -0.466 e. The standard InChI is InChI=1S/C30H32FN5O5/c1-6-40-25(37)16-20-10-9-18(2)12-23(20)33-28(38)26-24-8-7-11-36(24)35-27(34-26)21-13-19(14-22(31)15-21)17-32-29(39)41-30(3,4)5/h7-15H,6,16-17H2,1-5H3,(H,32,39)(H,33,38). The van der Waals surface area contributed by atoms with Crippen molar-refractivity contribution in [2.75, 3.05) is 11.9 Å². The third-order valence-corrected chi connectivity index (χ3v) is 5.81. The molecule has 0 spiro atoms. The Morgan fingerprint density at radius 3 is 2.59 bits per heavy atom. The Kier molecular flexibility index (Phi) is 8.65. The van der Waals surface area contributed by atoms with Crippen molar-refractivity contribution >= 4 is 29.2 Å². The molecule has 0 unspecified atom stereocenters. The molecular formula is C30H32FN5O5. The molecule has 0 aliphatic rings. The largest absolute Gasteiger partial charge is 0.466 e. The fourth-order valence-corrected chi connectivity index (χ4v) is 4.10. The highest BCUT2D eigenvalue weighted by molar-refractivity contribution is 6.08. The van der Waals surface area contributed by atoms with Gasteiger partial charge in [-0.15, -0.1) is 5.10 Å². The minimum absolute atomic E-state index is 0.00931. The summed E-state index contributed by atoms with van der Waals surface area (Å²) < 4.78 is 26.4. The van der Waals surface area contributed by atoms with E-state index in [0.29, 0.717) is 27.9 Å². The summed E-state index contributed by atoms with van der Waals surface area (Å²) in [6.07, 6.45) is 1.01. The Morgan fingerprint density at radius 1 is 1.07 bits per heavy atom. The number of carbonyl (C=O) groups excluding carboxylic acids is 3. The van der Waals surface area contributed by atoms with E-state index in [9.17, 15) is 18.8 Å². The maximum absolute atomic E-state index is 14.6. The second kappa shape index (κ2) is 12.2. The van der Waals surface area contributed by atoms with Gasteiger partial charge in [0.15, 0.2) is 11.5 Å². The molecule has 0 atom stereocenters. The molecule has 2 heterocycles. The van der Waals surface area contributed by atoms with Gasteiger partial charge in [0, 0.05) is 24.0 Å². The van der Waals surface area contributed by atoms with Crippen molar-refractivity contribution in [2.45, 2.75) is 53.2 Å². The zero-order valence-corrected chi connectivity index (χ0v) is 23.6. The number of anilines is 1. The number of nitrogens with zero attached hydrogens (tertiary/aromatic N) is 3. The molecule has 4 rings (SSSR count). The fraction of sp³-hybridized carbons (Fsp3) is 0.300. The van der Waals surface area contributed by atoms with Crippen molar-refractivity contribution in [2.24, 2.45) is 0 Å². The van der Waals surface area contributed by atoms with Crippen molar-refractivity contribution in [3.05, 3.63) is 82.9 Å². The first-order valence-corrected chi connectivity index (χ1v) is 13.1. The highest BCUT2D eigenvalue weighted by atomic mass is 19.1. The Bertz CT molecular complexity index is 1610. The van der Waals surface area contributed by atoms with E-state index in [-0.39, 0.29) is 31.1 Å². The van der Waals surface area contributed by atoms with Crippen molar-refractivity contribution in [3.63, 3.8) is 0 Å². The van der Waals surface area contributed by atoms with Crippen LogP contribution in [-0.2, 0) is 27.2 Å². The number of amides is 2. The highest BCUT2D eigenvalue weighted by Gasteiger charge is 2.20. The summed E-state index contributed by atoms with van der Waals surface area (Å²) in [6.45, 7) is 9.10. The van der Waals surface area contributed by atoms with Crippen molar-refractivity contribution < 1.29 is 28.2 Å². The predicted octanol–water partition coefficient (Wildman–Crippen LogP) is 5.23. The van der Waals surface area contributed by atoms with E-state index in [1.807, 2.05) is 13.0 Å². The quantitative estimate of drug-likeness (QED) is 0.283. The normalized spacial score (nSPS) is 11.3. The Hall–Kier alpha value is -4.80. The molecule has 2 aromatic heterocycles. The molecule has 0 saturated carbocycles. The molecule has 0 fully saturated rings. The maximum atomic E-state index is 14.6. The van der Waals surface area contributed by atoms with Gasteiger partial charge >= 0.3 is 12.1 Å². The number of hydrogen-bond donors (Lipinski definition) is 2. The molecule has 0 aliphatic heterocycles. The summed E-state index contributed by atoms with van der Waals surface area (Å²) >= 11 is 0. The summed E-state index contributed by atoms with van der Waals surface area (Å²) in [6, 6.07) is 12.9.